The molecule has 1 saturated heterocycles. The minimum Gasteiger partial charge on any atom is -0.370 e. The second-order valence-corrected chi connectivity index (χ2v) is 6.02. The lowest BCUT2D eigenvalue weighted by Gasteiger charge is -2.20. The Bertz CT molecular complexity index is 571. The van der Waals surface area contributed by atoms with E-state index in [0.29, 0.717) is 25.5 Å². The summed E-state index contributed by atoms with van der Waals surface area (Å²) in [6, 6.07) is 1.30. The van der Waals surface area contributed by atoms with Crippen LogP contribution in [0.2, 0.25) is 0 Å². The van der Waals surface area contributed by atoms with Crippen LogP contribution >= 0.6 is 0 Å². The summed E-state index contributed by atoms with van der Waals surface area (Å²) in [6.07, 6.45) is 2.10. The average Bonchev–Trinajstić information content (AvgIpc) is 2.79. The van der Waals surface area contributed by atoms with Crippen molar-refractivity contribution in [1.82, 2.24) is 9.88 Å². The summed E-state index contributed by atoms with van der Waals surface area (Å²) in [5.74, 6) is 0.200. The van der Waals surface area contributed by atoms with Crippen molar-refractivity contribution in [3.63, 3.8) is 0 Å². The molecule has 0 bridgehead atoms. The highest BCUT2D eigenvalue weighted by Gasteiger charge is 2.33. The molecule has 0 aliphatic carbocycles. The molecule has 1 N–H and O–H groups in total. The molecule has 1 aromatic rings. The van der Waals surface area contributed by atoms with Crippen LogP contribution in [0, 0.1) is 15.5 Å². The number of hydrogen-bond donors (Lipinski definition) is 1. The van der Waals surface area contributed by atoms with Crippen LogP contribution < -0.4 is 5.32 Å². The van der Waals surface area contributed by atoms with E-state index in [9.17, 15) is 14.9 Å². The highest BCUT2D eigenvalue weighted by molar-refractivity contribution is 5.99. The van der Waals surface area contributed by atoms with Gasteiger partial charge in [-0.1, -0.05) is 13.8 Å². The van der Waals surface area contributed by atoms with Crippen molar-refractivity contribution < 1.29 is 9.72 Å². The molecule has 0 spiro atoms. The van der Waals surface area contributed by atoms with Crippen LogP contribution in [0.1, 0.15) is 37.6 Å². The van der Waals surface area contributed by atoms with Crippen molar-refractivity contribution >= 4 is 17.4 Å². The second-order valence-electron chi connectivity index (χ2n) is 6.02. The summed E-state index contributed by atoms with van der Waals surface area (Å²) in [4.78, 5) is 28.7. The van der Waals surface area contributed by atoms with E-state index in [2.05, 4.69) is 24.1 Å². The Morgan fingerprint density at radius 1 is 1.57 bits per heavy atom. The summed E-state index contributed by atoms with van der Waals surface area (Å²) in [5.41, 5.74) is 0.185. The maximum Gasteiger partial charge on any atom is 0.288 e. The van der Waals surface area contributed by atoms with E-state index >= 15 is 0 Å². The SMILES string of the molecule is CCNc1ncc([N+](=O)[O-])cc1C(=O)N1CCC(C)(C)C1. The molecule has 2 rings (SSSR count). The molecule has 0 unspecified atom stereocenters. The number of nitro groups is 1. The van der Waals surface area contributed by atoms with Gasteiger partial charge in [0, 0.05) is 25.7 Å². The minimum absolute atomic E-state index is 0.0855. The molecule has 114 valence electrons. The van der Waals surface area contributed by atoms with Crippen LogP contribution in [0.5, 0.6) is 0 Å². The predicted molar refractivity (Wildman–Crippen MR) is 79.4 cm³/mol. The number of amides is 1. The Balaban J connectivity index is 2.33. The number of likely N-dealkylation sites (tertiary alicyclic amines) is 1. The van der Waals surface area contributed by atoms with E-state index in [4.69, 9.17) is 0 Å². The van der Waals surface area contributed by atoms with Gasteiger partial charge in [-0.25, -0.2) is 4.98 Å². The average molecular weight is 292 g/mol. The lowest BCUT2D eigenvalue weighted by Crippen LogP contribution is -2.31. The molecule has 0 aromatic carbocycles. The van der Waals surface area contributed by atoms with Gasteiger partial charge in [0.2, 0.25) is 0 Å². The number of aromatic nitrogens is 1. The van der Waals surface area contributed by atoms with E-state index in [1.165, 1.54) is 12.3 Å². The largest absolute Gasteiger partial charge is 0.370 e. The zero-order valence-electron chi connectivity index (χ0n) is 12.5. The molecule has 7 heteroatoms. The van der Waals surface area contributed by atoms with Gasteiger partial charge in [0.1, 0.15) is 12.0 Å². The number of carbonyl (C=O) groups is 1. The van der Waals surface area contributed by atoms with Gasteiger partial charge in [-0.2, -0.15) is 0 Å². The fourth-order valence-electron chi connectivity index (χ4n) is 2.48. The number of hydrogen-bond acceptors (Lipinski definition) is 5. The van der Waals surface area contributed by atoms with E-state index < -0.39 is 4.92 Å². The standard InChI is InChI=1S/C14H20N4O3/c1-4-15-12-11(7-10(8-16-12)18(20)21)13(19)17-6-5-14(2,3)9-17/h7-8H,4-6,9H2,1-3H3,(H,15,16). The normalized spacial score (nSPS) is 16.8. The smallest absolute Gasteiger partial charge is 0.288 e. The predicted octanol–water partition coefficient (Wildman–Crippen LogP) is 2.29. The molecule has 1 aromatic heterocycles. The molecule has 0 saturated carbocycles. The van der Waals surface area contributed by atoms with Gasteiger partial charge in [-0.05, 0) is 18.8 Å². The van der Waals surface area contributed by atoms with E-state index in [1.54, 1.807) is 4.90 Å². The van der Waals surface area contributed by atoms with Crippen LogP contribution in [-0.4, -0.2) is 40.3 Å². The first-order chi connectivity index (χ1) is 9.84. The molecule has 1 fully saturated rings. The summed E-state index contributed by atoms with van der Waals surface area (Å²) in [6.45, 7) is 8.02. The molecule has 2 heterocycles. The van der Waals surface area contributed by atoms with Crippen LogP contribution in [0.4, 0.5) is 11.5 Å². The molecule has 21 heavy (non-hydrogen) atoms. The van der Waals surface area contributed by atoms with E-state index in [-0.39, 0.29) is 22.6 Å². The van der Waals surface area contributed by atoms with Crippen LogP contribution in [0.3, 0.4) is 0 Å². The van der Waals surface area contributed by atoms with Crippen LogP contribution in [0.15, 0.2) is 12.3 Å². The lowest BCUT2D eigenvalue weighted by molar-refractivity contribution is -0.385. The van der Waals surface area contributed by atoms with Crippen LogP contribution in [0.25, 0.3) is 0 Å². The molecule has 1 amide bonds. The molecular weight excluding hydrogens is 272 g/mol. The van der Waals surface area contributed by atoms with Crippen molar-refractivity contribution in [1.29, 1.82) is 0 Å². The quantitative estimate of drug-likeness (QED) is 0.679. The van der Waals surface area contributed by atoms with Crippen molar-refractivity contribution in [2.45, 2.75) is 27.2 Å². The third-order valence-electron chi connectivity index (χ3n) is 3.62. The van der Waals surface area contributed by atoms with Gasteiger partial charge >= 0.3 is 0 Å². The molecule has 0 radical (unpaired) electrons. The van der Waals surface area contributed by atoms with Gasteiger partial charge < -0.3 is 10.2 Å². The van der Waals surface area contributed by atoms with Crippen molar-refractivity contribution in [3.8, 4) is 0 Å². The molecule has 7 nitrogen and oxygen atoms in total. The zero-order chi connectivity index (χ0) is 15.6. The number of nitrogens with zero attached hydrogens (tertiary/aromatic N) is 3. The number of rotatable bonds is 4. The molecule has 1 aliphatic heterocycles. The first-order valence-electron chi connectivity index (χ1n) is 7.01. The Labute approximate surface area is 123 Å². The Morgan fingerprint density at radius 3 is 2.81 bits per heavy atom. The van der Waals surface area contributed by atoms with Gasteiger partial charge in [0.15, 0.2) is 0 Å². The number of pyridine rings is 1. The Morgan fingerprint density at radius 2 is 2.29 bits per heavy atom. The van der Waals surface area contributed by atoms with E-state index in [1.807, 2.05) is 6.92 Å². The summed E-state index contributed by atoms with van der Waals surface area (Å²) >= 11 is 0. The minimum atomic E-state index is -0.534. The molecule has 0 atom stereocenters. The highest BCUT2D eigenvalue weighted by Crippen LogP contribution is 2.31. The first kappa shape index (κ1) is 15.2. The third kappa shape index (κ3) is 3.29. The van der Waals surface area contributed by atoms with Crippen molar-refractivity contribution in [3.05, 3.63) is 27.9 Å². The van der Waals surface area contributed by atoms with Crippen molar-refractivity contribution in [2.75, 3.05) is 25.0 Å². The number of carbonyl (C=O) groups excluding carboxylic acids is 1. The highest BCUT2D eigenvalue weighted by atomic mass is 16.6. The topological polar surface area (TPSA) is 88.4 Å². The summed E-state index contributed by atoms with van der Waals surface area (Å²) < 4.78 is 0. The number of anilines is 1. The Hall–Kier alpha value is -2.18. The summed E-state index contributed by atoms with van der Waals surface area (Å²) in [5, 5.41) is 13.9. The lowest BCUT2D eigenvalue weighted by atomic mass is 9.93. The summed E-state index contributed by atoms with van der Waals surface area (Å²) in [7, 11) is 0. The molecule has 1 aliphatic rings. The monoisotopic (exact) mass is 292 g/mol. The number of nitrogens with one attached hydrogen (secondary N) is 1. The van der Waals surface area contributed by atoms with Gasteiger partial charge in [0.05, 0.1) is 10.5 Å². The first-order valence-corrected chi connectivity index (χ1v) is 7.01. The second kappa shape index (κ2) is 5.67. The van der Waals surface area contributed by atoms with Gasteiger partial charge in [0.25, 0.3) is 11.6 Å². The van der Waals surface area contributed by atoms with E-state index in [0.717, 1.165) is 6.42 Å². The van der Waals surface area contributed by atoms with Crippen LogP contribution in [-0.2, 0) is 0 Å². The Kier molecular flexibility index (Phi) is 4.11. The maximum absolute atomic E-state index is 12.6. The van der Waals surface area contributed by atoms with Crippen molar-refractivity contribution in [2.24, 2.45) is 5.41 Å². The zero-order valence-corrected chi connectivity index (χ0v) is 12.5. The third-order valence-corrected chi connectivity index (χ3v) is 3.62. The fraction of sp³-hybridized carbons (Fsp3) is 0.571. The fourth-order valence-corrected chi connectivity index (χ4v) is 2.48. The maximum atomic E-state index is 12.6. The van der Waals surface area contributed by atoms with Gasteiger partial charge in [-0.15, -0.1) is 0 Å². The molecular formula is C14H20N4O3. The van der Waals surface area contributed by atoms with Gasteiger partial charge in [-0.3, -0.25) is 14.9 Å².